The van der Waals surface area contributed by atoms with Gasteiger partial charge in [0, 0.05) is 154 Å². The fraction of sp³-hybridized carbons (Fsp3) is 0.266. The number of hydrogen-bond donors (Lipinski definition) is 5. The van der Waals surface area contributed by atoms with Gasteiger partial charge in [-0.3, -0.25) is 25.2 Å². The molecule has 1 amide bonds. The van der Waals surface area contributed by atoms with Gasteiger partial charge in [-0.2, -0.15) is 20.4 Å². The molecule has 12 aromatic rings. The lowest BCUT2D eigenvalue weighted by atomic mass is 9.93. The first kappa shape index (κ1) is 72.4. The van der Waals surface area contributed by atoms with Gasteiger partial charge in [0.1, 0.15) is 52.3 Å². The molecular weight excluding hydrogens is 1360 g/mol. The SMILES string of the molecule is CC(=O)C1CCN(c2ncccc2-c2cc(-c3cccc(F)c3)n[nH]2)CC1.COC(=O)N1CCN(c2ncccc2-c2cc(-c3cccc(F)c3)n[nH]2)CC1.Fc1cccc(-c2cc(-c3cccnc3N3CCC(F)(F)CC3)[nH]n2)c1.OC1CCN(c2ncccc2-c2cc(-c3cccc(F)c3)n[nH]2)CC1. The molecule has 0 radical (unpaired) electrons. The van der Waals surface area contributed by atoms with Crippen molar-refractivity contribution in [3.63, 3.8) is 0 Å². The first-order valence-electron chi connectivity index (χ1n) is 35.0. The number of aromatic nitrogens is 12. The lowest BCUT2D eigenvalue weighted by molar-refractivity contribution is -0.121. The van der Waals surface area contributed by atoms with E-state index < -0.39 is 5.92 Å². The molecule has 16 rings (SSSR count). The van der Waals surface area contributed by atoms with Gasteiger partial charge >= 0.3 is 6.09 Å². The molecule has 5 N–H and O–H groups in total. The van der Waals surface area contributed by atoms with Crippen molar-refractivity contribution in [3.8, 4) is 90.1 Å². The summed E-state index contributed by atoms with van der Waals surface area (Å²) >= 11 is 0. The topological polar surface area (TPSA) is 246 Å². The van der Waals surface area contributed by atoms with Crippen LogP contribution in [0.15, 0.2) is 195 Å². The zero-order valence-electron chi connectivity index (χ0n) is 58.2. The number of rotatable bonds is 13. The van der Waals surface area contributed by atoms with Crippen LogP contribution in [-0.4, -0.2) is 167 Å². The Morgan fingerprint density at radius 3 is 1.02 bits per heavy atom. The number of aliphatic hydroxyl groups is 1. The van der Waals surface area contributed by atoms with E-state index in [0.29, 0.717) is 71.6 Å². The Labute approximate surface area is 607 Å². The van der Waals surface area contributed by atoms with Gasteiger partial charge < -0.3 is 34.3 Å². The zero-order valence-corrected chi connectivity index (χ0v) is 58.2. The van der Waals surface area contributed by atoms with Crippen LogP contribution in [-0.2, 0) is 9.53 Å². The standard InChI is InChI=1S/C21H21FN4O.C20H20FN5O2.C19H17F3N4.C19H19FN4O/c1-14(27)15-7-10-26(11-8-15)21-18(6-3-9-23-21)20-13-19(24-25-20)16-4-2-5-17(22)12-16;1-28-20(27)26-10-8-25(9-11-26)19-16(6-3-7-22-19)18-13-17(23-24-18)14-4-2-5-15(21)12-14;20-14-4-1-3-13(11-14)16-12-17(25-24-16)15-5-2-8-23-18(15)26-9-6-19(21,22)7-10-26;20-14-4-1-3-13(11-14)17-12-18(23-22-17)16-5-2-8-21-19(16)24-9-6-15(25)7-10-24/h2-6,9,12-13,15H,7-8,10-11H2,1H3,(H,24,25);2-7,12-13H,8-11H2,1H3,(H,23,24);1-5,8,11-12H,6-7,9-10H2,(H,24,25);1-5,8,11-12,15,25H,6-7,9-10H2,(H,22,23). The van der Waals surface area contributed by atoms with Crippen LogP contribution in [0.1, 0.15) is 45.4 Å². The molecule has 4 fully saturated rings. The van der Waals surface area contributed by atoms with Crippen molar-refractivity contribution >= 4 is 35.1 Å². The normalized spacial score (nSPS) is 15.3. The van der Waals surface area contributed by atoms with Gasteiger partial charge in [-0.1, -0.05) is 48.5 Å². The number of Topliss-reactive ketones (excluding diaryl/α,β-unsaturated/α-hetero) is 1. The predicted octanol–water partition coefficient (Wildman–Crippen LogP) is 15.0. The molecule has 21 nitrogen and oxygen atoms in total. The van der Waals surface area contributed by atoms with E-state index in [9.17, 15) is 41.0 Å². The van der Waals surface area contributed by atoms with Crippen molar-refractivity contribution in [3.05, 3.63) is 218 Å². The maximum absolute atomic E-state index is 13.5. The van der Waals surface area contributed by atoms with Crippen LogP contribution in [0.25, 0.3) is 90.1 Å². The van der Waals surface area contributed by atoms with Crippen molar-refractivity contribution in [1.29, 1.82) is 0 Å². The Morgan fingerprint density at radius 1 is 0.415 bits per heavy atom. The lowest BCUT2D eigenvalue weighted by Gasteiger charge is -2.35. The minimum Gasteiger partial charge on any atom is -0.453 e. The Kier molecular flexibility index (Phi) is 22.7. The number of nitrogens with one attached hydrogen (secondary N) is 4. The number of hydrogen-bond acceptors (Lipinski definition) is 16. The summed E-state index contributed by atoms with van der Waals surface area (Å²) in [5, 5.41) is 39.0. The van der Waals surface area contributed by atoms with Crippen molar-refractivity contribution in [2.45, 2.75) is 57.5 Å². The second-order valence-corrected chi connectivity index (χ2v) is 26.1. The number of amides is 1. The highest BCUT2D eigenvalue weighted by Gasteiger charge is 2.36. The average molecular weight is 1440 g/mol. The number of halogens is 6. The third kappa shape index (κ3) is 17.6. The predicted molar refractivity (Wildman–Crippen MR) is 395 cm³/mol. The Bertz CT molecular complexity index is 4950. The summed E-state index contributed by atoms with van der Waals surface area (Å²) in [6, 6.07) is 48.1. The van der Waals surface area contributed by atoms with Gasteiger partial charge in [0.15, 0.2) is 0 Å². The largest absolute Gasteiger partial charge is 0.453 e. The average Bonchev–Trinajstić information content (AvgIpc) is 1.66. The molecular formula is C79H77F6N17O4. The van der Waals surface area contributed by atoms with Crippen molar-refractivity contribution < 1.29 is 45.8 Å². The van der Waals surface area contributed by atoms with Crippen molar-refractivity contribution in [1.82, 2.24) is 65.6 Å². The summed E-state index contributed by atoms with van der Waals surface area (Å²) in [5.74, 6) is -0.148. The fourth-order valence-corrected chi connectivity index (χ4v) is 13.3. The number of alkyl halides is 2. The van der Waals surface area contributed by atoms with Gasteiger partial charge in [0.25, 0.3) is 5.92 Å². The highest BCUT2D eigenvalue weighted by molar-refractivity contribution is 5.82. The second-order valence-electron chi connectivity index (χ2n) is 26.1. The number of aliphatic hydroxyl groups excluding tert-OH is 1. The van der Waals surface area contributed by atoms with E-state index in [1.807, 2.05) is 89.8 Å². The molecule has 4 aliphatic heterocycles. The number of piperazine rings is 1. The summed E-state index contributed by atoms with van der Waals surface area (Å²) in [6.45, 7) is 7.79. The van der Waals surface area contributed by atoms with E-state index in [1.54, 1.807) is 73.0 Å². The van der Waals surface area contributed by atoms with Gasteiger partial charge in [-0.05, 0) is 154 Å². The number of ether oxygens (including phenoxy) is 1. The molecule has 27 heteroatoms. The lowest BCUT2D eigenvalue weighted by Crippen LogP contribution is -2.49. The molecule has 106 heavy (non-hydrogen) atoms. The molecule has 0 unspecified atom stereocenters. The maximum atomic E-state index is 13.5. The number of anilines is 4. The van der Waals surface area contributed by atoms with Gasteiger partial charge in [-0.15, -0.1) is 0 Å². The number of methoxy groups -OCH3 is 1. The maximum Gasteiger partial charge on any atom is 0.409 e. The van der Waals surface area contributed by atoms with E-state index in [0.717, 1.165) is 120 Å². The smallest absolute Gasteiger partial charge is 0.409 e. The highest BCUT2D eigenvalue weighted by atomic mass is 19.3. The number of ketones is 1. The summed E-state index contributed by atoms with van der Waals surface area (Å²) in [5.41, 5.74) is 12.3. The molecule has 0 bridgehead atoms. The second kappa shape index (κ2) is 33.2. The first-order valence-corrected chi connectivity index (χ1v) is 35.0. The number of carbonyl (C=O) groups is 2. The van der Waals surface area contributed by atoms with Crippen LogP contribution < -0.4 is 19.6 Å². The molecule has 4 saturated heterocycles. The Hall–Kier alpha value is -12.0. The Morgan fingerprint density at radius 2 is 0.717 bits per heavy atom. The highest BCUT2D eigenvalue weighted by Crippen LogP contribution is 2.38. The summed E-state index contributed by atoms with van der Waals surface area (Å²) < 4.78 is 85.6. The molecule has 0 atom stereocenters. The third-order valence-electron chi connectivity index (χ3n) is 19.0. The van der Waals surface area contributed by atoms with Crippen LogP contribution in [0, 0.1) is 29.2 Å². The van der Waals surface area contributed by atoms with Crippen LogP contribution in [0.4, 0.5) is 54.4 Å². The molecule has 0 aliphatic carbocycles. The number of aromatic amines is 4. The molecule has 12 heterocycles. The minimum absolute atomic E-state index is 0.153. The third-order valence-corrected chi connectivity index (χ3v) is 19.0. The van der Waals surface area contributed by atoms with Crippen LogP contribution in [0.2, 0.25) is 0 Å². The molecule has 8 aromatic heterocycles. The molecule has 544 valence electrons. The zero-order chi connectivity index (χ0) is 73.7. The monoisotopic (exact) mass is 1440 g/mol. The van der Waals surface area contributed by atoms with E-state index in [-0.39, 0.29) is 73.1 Å². The van der Waals surface area contributed by atoms with Crippen molar-refractivity contribution in [2.75, 3.05) is 92.2 Å². The fourth-order valence-electron chi connectivity index (χ4n) is 13.3. The van der Waals surface area contributed by atoms with Crippen LogP contribution in [0.3, 0.4) is 0 Å². The van der Waals surface area contributed by atoms with Crippen LogP contribution >= 0.6 is 0 Å². The quantitative estimate of drug-likeness (QED) is 0.0674. The van der Waals surface area contributed by atoms with E-state index in [1.165, 1.54) is 55.6 Å². The van der Waals surface area contributed by atoms with Crippen LogP contribution in [0.5, 0.6) is 0 Å². The number of pyridine rings is 4. The van der Waals surface area contributed by atoms with E-state index in [2.05, 4.69) is 75.4 Å². The summed E-state index contributed by atoms with van der Waals surface area (Å²) in [7, 11) is 1.39. The number of nitrogens with zero attached hydrogens (tertiary/aromatic N) is 13. The van der Waals surface area contributed by atoms with Gasteiger partial charge in [-0.25, -0.2) is 51.1 Å². The van der Waals surface area contributed by atoms with Gasteiger partial charge in [0.2, 0.25) is 0 Å². The number of carbonyl (C=O) groups excluding carboxylic acids is 2. The number of benzene rings is 4. The first-order chi connectivity index (χ1) is 51.5. The molecule has 0 spiro atoms. The summed E-state index contributed by atoms with van der Waals surface area (Å²) in [4.78, 5) is 51.5. The van der Waals surface area contributed by atoms with E-state index in [4.69, 9.17) is 4.74 Å². The molecule has 4 aliphatic rings. The summed E-state index contributed by atoms with van der Waals surface area (Å²) in [6.07, 6.45) is 9.23. The van der Waals surface area contributed by atoms with E-state index >= 15 is 0 Å². The number of H-pyrrole nitrogens is 4. The van der Waals surface area contributed by atoms with Crippen molar-refractivity contribution in [2.24, 2.45) is 5.92 Å². The Balaban J connectivity index is 0.000000125. The minimum atomic E-state index is -2.61. The van der Waals surface area contributed by atoms with Gasteiger partial charge in [0.05, 0.1) is 58.8 Å². The molecule has 4 aromatic carbocycles. The number of piperidine rings is 3. The molecule has 0 saturated carbocycles.